The molecule has 0 fully saturated rings. The van der Waals surface area contributed by atoms with Crippen LogP contribution in [0.3, 0.4) is 0 Å². The van der Waals surface area contributed by atoms with Crippen molar-refractivity contribution in [3.05, 3.63) is 29.8 Å². The van der Waals surface area contributed by atoms with Gasteiger partial charge in [-0.15, -0.1) is 0 Å². The van der Waals surface area contributed by atoms with Crippen LogP contribution in [0.5, 0.6) is 11.5 Å². The van der Waals surface area contributed by atoms with Crippen molar-refractivity contribution in [3.8, 4) is 11.5 Å². The zero-order chi connectivity index (χ0) is 22.7. The maximum absolute atomic E-state index is 12.0. The molecule has 8 nitrogen and oxygen atoms in total. The number of ether oxygens (including phenoxy) is 3. The summed E-state index contributed by atoms with van der Waals surface area (Å²) in [5, 5.41) is 4.73. The van der Waals surface area contributed by atoms with Gasteiger partial charge in [0.1, 0.15) is 0 Å². The Bertz CT molecular complexity index is 767. The lowest BCUT2D eigenvalue weighted by Crippen LogP contribution is -2.50. The van der Waals surface area contributed by atoms with Gasteiger partial charge in [-0.25, -0.2) is 9.59 Å². The van der Waals surface area contributed by atoms with Crippen molar-refractivity contribution < 1.29 is 28.6 Å². The third kappa shape index (κ3) is 9.45. The number of carbonyl (C=O) groups is 3. The minimum absolute atomic E-state index is 0.479. The molecule has 30 heavy (non-hydrogen) atoms. The van der Waals surface area contributed by atoms with Crippen LogP contribution in [0.15, 0.2) is 24.3 Å². The van der Waals surface area contributed by atoms with E-state index in [2.05, 4.69) is 10.6 Å². The van der Waals surface area contributed by atoms with E-state index in [1.54, 1.807) is 45.0 Å². The molecule has 0 aliphatic heterocycles. The SMILES string of the molecule is CCCOc1ccc(/C=C/C(=O)OC(C)C(=O)NC(=O)NC(C)(C)C)cc1OCC. The molecule has 1 atom stereocenters. The molecule has 0 saturated carbocycles. The van der Waals surface area contributed by atoms with E-state index in [4.69, 9.17) is 14.2 Å². The first-order valence-electron chi connectivity index (χ1n) is 9.97. The van der Waals surface area contributed by atoms with Crippen LogP contribution >= 0.6 is 0 Å². The molecular weight excluding hydrogens is 388 g/mol. The van der Waals surface area contributed by atoms with Gasteiger partial charge in [0, 0.05) is 11.6 Å². The van der Waals surface area contributed by atoms with Gasteiger partial charge in [-0.3, -0.25) is 10.1 Å². The number of esters is 1. The lowest BCUT2D eigenvalue weighted by molar-refractivity contribution is -0.149. The van der Waals surface area contributed by atoms with Crippen molar-refractivity contribution in [1.82, 2.24) is 10.6 Å². The highest BCUT2D eigenvalue weighted by molar-refractivity contribution is 5.98. The number of rotatable bonds is 9. The smallest absolute Gasteiger partial charge is 0.331 e. The third-order valence-corrected chi connectivity index (χ3v) is 3.53. The summed E-state index contributed by atoms with van der Waals surface area (Å²) in [5.41, 5.74) is 0.214. The maximum atomic E-state index is 12.0. The van der Waals surface area contributed by atoms with Crippen LogP contribution < -0.4 is 20.1 Å². The first-order valence-corrected chi connectivity index (χ1v) is 9.97. The Morgan fingerprint density at radius 3 is 2.40 bits per heavy atom. The van der Waals surface area contributed by atoms with Crippen molar-refractivity contribution >= 4 is 24.0 Å². The van der Waals surface area contributed by atoms with Gasteiger partial charge >= 0.3 is 12.0 Å². The van der Waals surface area contributed by atoms with Gasteiger partial charge in [0.2, 0.25) is 0 Å². The predicted octanol–water partition coefficient (Wildman–Crippen LogP) is 3.44. The summed E-state index contributed by atoms with van der Waals surface area (Å²) in [6.07, 6.45) is 2.50. The number of urea groups is 1. The van der Waals surface area contributed by atoms with E-state index in [9.17, 15) is 14.4 Å². The van der Waals surface area contributed by atoms with E-state index in [0.29, 0.717) is 30.3 Å². The van der Waals surface area contributed by atoms with Crippen molar-refractivity contribution in [2.24, 2.45) is 0 Å². The average Bonchev–Trinajstić information content (AvgIpc) is 2.64. The zero-order valence-electron chi connectivity index (χ0n) is 18.5. The molecule has 2 N–H and O–H groups in total. The molecule has 1 rings (SSSR count). The van der Waals surface area contributed by atoms with Crippen LogP contribution in [0.2, 0.25) is 0 Å². The van der Waals surface area contributed by atoms with E-state index in [0.717, 1.165) is 6.42 Å². The van der Waals surface area contributed by atoms with Gasteiger partial charge in [-0.2, -0.15) is 0 Å². The minimum atomic E-state index is -1.13. The molecule has 0 bridgehead atoms. The maximum Gasteiger partial charge on any atom is 0.331 e. The van der Waals surface area contributed by atoms with Gasteiger partial charge in [0.05, 0.1) is 13.2 Å². The van der Waals surface area contributed by atoms with Crippen molar-refractivity contribution in [3.63, 3.8) is 0 Å². The second-order valence-corrected chi connectivity index (χ2v) is 7.59. The molecule has 1 aromatic carbocycles. The van der Waals surface area contributed by atoms with Crippen LogP contribution in [-0.4, -0.2) is 42.8 Å². The number of hydrogen-bond donors (Lipinski definition) is 2. The summed E-state index contributed by atoms with van der Waals surface area (Å²) in [4.78, 5) is 35.7. The van der Waals surface area contributed by atoms with Crippen molar-refractivity contribution in [2.45, 2.75) is 59.6 Å². The monoisotopic (exact) mass is 420 g/mol. The molecule has 0 spiro atoms. The minimum Gasteiger partial charge on any atom is -0.490 e. The fraction of sp³-hybridized carbons (Fsp3) is 0.500. The van der Waals surface area contributed by atoms with Crippen LogP contribution in [0.1, 0.15) is 53.5 Å². The number of imide groups is 1. The van der Waals surface area contributed by atoms with Gasteiger partial charge < -0.3 is 19.5 Å². The lowest BCUT2D eigenvalue weighted by atomic mass is 10.1. The molecule has 0 saturated heterocycles. The highest BCUT2D eigenvalue weighted by Crippen LogP contribution is 2.29. The van der Waals surface area contributed by atoms with Crippen molar-refractivity contribution in [2.75, 3.05) is 13.2 Å². The van der Waals surface area contributed by atoms with Crippen molar-refractivity contribution in [1.29, 1.82) is 0 Å². The average molecular weight is 421 g/mol. The Balaban J connectivity index is 2.67. The number of carbonyl (C=O) groups excluding carboxylic acids is 3. The molecule has 8 heteroatoms. The van der Waals surface area contributed by atoms with Gasteiger partial charge in [0.25, 0.3) is 5.91 Å². The molecule has 1 aromatic rings. The Hall–Kier alpha value is -3.03. The van der Waals surface area contributed by atoms with E-state index >= 15 is 0 Å². The van der Waals surface area contributed by atoms with Crippen LogP contribution in [0, 0.1) is 0 Å². The number of amides is 3. The molecule has 0 heterocycles. The van der Waals surface area contributed by atoms with Crippen LogP contribution in [0.4, 0.5) is 4.79 Å². The molecule has 0 aliphatic carbocycles. The quantitative estimate of drug-likeness (QED) is 0.469. The van der Waals surface area contributed by atoms with E-state index in [-0.39, 0.29) is 0 Å². The normalized spacial score (nSPS) is 12.2. The number of hydrogen-bond acceptors (Lipinski definition) is 6. The first kappa shape index (κ1) is 25.0. The topological polar surface area (TPSA) is 103 Å². The highest BCUT2D eigenvalue weighted by atomic mass is 16.5. The lowest BCUT2D eigenvalue weighted by Gasteiger charge is -2.21. The van der Waals surface area contributed by atoms with Crippen LogP contribution in [-0.2, 0) is 14.3 Å². The summed E-state index contributed by atoms with van der Waals surface area (Å²) in [7, 11) is 0. The largest absolute Gasteiger partial charge is 0.490 e. The number of benzene rings is 1. The van der Waals surface area contributed by atoms with Gasteiger partial charge in [0.15, 0.2) is 17.6 Å². The Morgan fingerprint density at radius 2 is 1.80 bits per heavy atom. The number of nitrogens with one attached hydrogen (secondary N) is 2. The third-order valence-electron chi connectivity index (χ3n) is 3.53. The highest BCUT2D eigenvalue weighted by Gasteiger charge is 2.21. The summed E-state index contributed by atoms with van der Waals surface area (Å²) >= 11 is 0. The van der Waals surface area contributed by atoms with E-state index < -0.39 is 29.6 Å². The molecule has 0 aromatic heterocycles. The molecule has 3 amide bonds. The summed E-state index contributed by atoms with van der Waals surface area (Å²) in [5.74, 6) is -0.205. The summed E-state index contributed by atoms with van der Waals surface area (Å²) in [6, 6.07) is 4.66. The Labute approximate surface area is 178 Å². The van der Waals surface area contributed by atoms with Gasteiger partial charge in [-0.05, 0) is 64.8 Å². The zero-order valence-corrected chi connectivity index (χ0v) is 18.5. The van der Waals surface area contributed by atoms with E-state index in [1.807, 2.05) is 13.8 Å². The first-order chi connectivity index (χ1) is 14.1. The molecule has 1 unspecified atom stereocenters. The predicted molar refractivity (Wildman–Crippen MR) is 114 cm³/mol. The van der Waals surface area contributed by atoms with E-state index in [1.165, 1.54) is 13.0 Å². The standard InChI is InChI=1S/C22H32N2O6/c1-7-13-29-17-11-9-16(14-18(17)28-8-2)10-12-19(25)30-15(3)20(26)23-21(27)24-22(4,5)6/h9-12,14-15H,7-8,13H2,1-6H3,(H2,23,24,26,27)/b12-10+. The second-order valence-electron chi connectivity index (χ2n) is 7.59. The fourth-order valence-corrected chi connectivity index (χ4v) is 2.24. The molecule has 166 valence electrons. The molecule has 0 radical (unpaired) electrons. The summed E-state index contributed by atoms with van der Waals surface area (Å²) in [6.45, 7) is 11.7. The van der Waals surface area contributed by atoms with Gasteiger partial charge in [-0.1, -0.05) is 13.0 Å². The Morgan fingerprint density at radius 1 is 1.10 bits per heavy atom. The summed E-state index contributed by atoms with van der Waals surface area (Å²) < 4.78 is 16.3. The van der Waals surface area contributed by atoms with Crippen LogP contribution in [0.25, 0.3) is 6.08 Å². The Kier molecular flexibility index (Phi) is 9.88. The fourth-order valence-electron chi connectivity index (χ4n) is 2.24. The molecule has 0 aliphatic rings. The molecular formula is C22H32N2O6. The second kappa shape index (κ2) is 11.8.